The molecular formula is C21H23ClN2. The van der Waals surface area contributed by atoms with E-state index < -0.39 is 0 Å². The lowest BCUT2D eigenvalue weighted by molar-refractivity contribution is 0.745. The van der Waals surface area contributed by atoms with Crippen molar-refractivity contribution in [1.29, 1.82) is 0 Å². The fraction of sp³-hybridized carbons (Fsp3) is 0.286. The molecule has 2 aromatic heterocycles. The first kappa shape index (κ1) is 16.8. The molecule has 2 heterocycles. The Morgan fingerprint density at radius 3 is 2.38 bits per heavy atom. The van der Waals surface area contributed by atoms with Crippen LogP contribution in [0, 0.1) is 20.8 Å². The minimum atomic E-state index is 0. The topological polar surface area (TPSA) is 17.8 Å². The first-order chi connectivity index (χ1) is 11.1. The monoisotopic (exact) mass is 338 g/mol. The lowest BCUT2D eigenvalue weighted by atomic mass is 10.0. The van der Waals surface area contributed by atoms with Gasteiger partial charge in [-0.25, -0.2) is 0 Å². The summed E-state index contributed by atoms with van der Waals surface area (Å²) in [6.45, 7) is 10.5. The normalized spacial score (nSPS) is 13.8. The van der Waals surface area contributed by atoms with Crippen molar-refractivity contribution >= 4 is 29.4 Å². The average molecular weight is 339 g/mol. The molecule has 1 aromatic carbocycles. The highest BCUT2D eigenvalue weighted by molar-refractivity contribution is 5.97. The molecule has 0 unspecified atom stereocenters. The van der Waals surface area contributed by atoms with Crippen molar-refractivity contribution < 1.29 is 0 Å². The lowest BCUT2D eigenvalue weighted by Crippen LogP contribution is -1.99. The average Bonchev–Trinajstić information content (AvgIpc) is 3.36. The maximum Gasteiger partial charge on any atom is 0.0945 e. The van der Waals surface area contributed by atoms with E-state index >= 15 is 0 Å². The molecule has 1 fully saturated rings. The quantitative estimate of drug-likeness (QED) is 0.570. The molecule has 0 spiro atoms. The second-order valence-electron chi connectivity index (χ2n) is 6.65. The Morgan fingerprint density at radius 2 is 1.79 bits per heavy atom. The van der Waals surface area contributed by atoms with Gasteiger partial charge in [0, 0.05) is 28.9 Å². The van der Waals surface area contributed by atoms with Crippen molar-refractivity contribution in [1.82, 2.24) is 9.55 Å². The van der Waals surface area contributed by atoms with Gasteiger partial charge in [0.25, 0.3) is 0 Å². The molecule has 24 heavy (non-hydrogen) atoms. The maximum atomic E-state index is 4.81. The van der Waals surface area contributed by atoms with Crippen molar-refractivity contribution in [2.24, 2.45) is 0 Å². The molecule has 4 rings (SSSR count). The van der Waals surface area contributed by atoms with Gasteiger partial charge in [-0.2, -0.15) is 0 Å². The Morgan fingerprint density at radius 1 is 1.12 bits per heavy atom. The first-order valence-electron chi connectivity index (χ1n) is 8.31. The minimum absolute atomic E-state index is 0. The molecular weight excluding hydrogens is 316 g/mol. The number of nitrogens with zero attached hydrogens (tertiary/aromatic N) is 2. The Kier molecular flexibility index (Phi) is 4.27. The standard InChI is InChI=1S/C21H22N2.ClH/c1-5-16-6-8-17(9-7-16)20-21-19(13(2)12-22-20)14(3)15(4)23(21)18-10-11-18;/h5-9,12,18H,1,10-11H2,2-4H3;1H. The Hall–Kier alpha value is -2.06. The predicted molar refractivity (Wildman–Crippen MR) is 105 cm³/mol. The molecule has 0 saturated heterocycles. The van der Waals surface area contributed by atoms with Gasteiger partial charge in [0.1, 0.15) is 0 Å². The van der Waals surface area contributed by atoms with Gasteiger partial charge in [-0.05, 0) is 50.3 Å². The zero-order valence-corrected chi connectivity index (χ0v) is 15.3. The van der Waals surface area contributed by atoms with Crippen LogP contribution < -0.4 is 0 Å². The van der Waals surface area contributed by atoms with Crippen molar-refractivity contribution in [3.05, 3.63) is 59.4 Å². The zero-order valence-electron chi connectivity index (χ0n) is 14.5. The van der Waals surface area contributed by atoms with E-state index in [4.69, 9.17) is 4.98 Å². The second-order valence-corrected chi connectivity index (χ2v) is 6.65. The number of pyridine rings is 1. The summed E-state index contributed by atoms with van der Waals surface area (Å²) in [5, 5.41) is 1.38. The largest absolute Gasteiger partial charge is 0.340 e. The van der Waals surface area contributed by atoms with Crippen molar-refractivity contribution in [2.45, 2.75) is 39.7 Å². The van der Waals surface area contributed by atoms with E-state index in [0.717, 1.165) is 11.3 Å². The second kappa shape index (κ2) is 6.10. The molecule has 0 atom stereocenters. The Labute approximate surface area is 149 Å². The maximum absolute atomic E-state index is 4.81. The van der Waals surface area contributed by atoms with Crippen LogP contribution >= 0.6 is 12.4 Å². The van der Waals surface area contributed by atoms with Crippen LogP contribution in [0.15, 0.2) is 37.0 Å². The summed E-state index contributed by atoms with van der Waals surface area (Å²) in [6.07, 6.45) is 6.46. The van der Waals surface area contributed by atoms with Gasteiger partial charge in [0.15, 0.2) is 0 Å². The van der Waals surface area contributed by atoms with Crippen LogP contribution in [-0.2, 0) is 0 Å². The highest BCUT2D eigenvalue weighted by Gasteiger charge is 2.29. The third kappa shape index (κ3) is 2.46. The van der Waals surface area contributed by atoms with Gasteiger partial charge in [-0.1, -0.05) is 36.9 Å². The molecule has 3 heteroatoms. The number of benzene rings is 1. The highest BCUT2D eigenvalue weighted by Crippen LogP contribution is 2.44. The summed E-state index contributed by atoms with van der Waals surface area (Å²) >= 11 is 0. The number of hydrogen-bond donors (Lipinski definition) is 0. The lowest BCUT2D eigenvalue weighted by Gasteiger charge is -2.11. The molecule has 2 nitrogen and oxygen atoms in total. The van der Waals surface area contributed by atoms with Crippen LogP contribution in [0.4, 0.5) is 0 Å². The molecule has 0 radical (unpaired) electrons. The summed E-state index contributed by atoms with van der Waals surface area (Å²) < 4.78 is 2.53. The Balaban J connectivity index is 0.00000169. The number of aromatic nitrogens is 2. The van der Waals surface area contributed by atoms with Gasteiger partial charge >= 0.3 is 0 Å². The third-order valence-corrected chi connectivity index (χ3v) is 5.09. The summed E-state index contributed by atoms with van der Waals surface area (Å²) in [7, 11) is 0. The summed E-state index contributed by atoms with van der Waals surface area (Å²) in [5.41, 5.74) is 8.80. The van der Waals surface area contributed by atoms with Crippen LogP contribution in [0.1, 0.15) is 41.3 Å². The van der Waals surface area contributed by atoms with Gasteiger partial charge in [-0.15, -0.1) is 12.4 Å². The predicted octanol–water partition coefficient (Wildman–Crippen LogP) is 6.03. The van der Waals surface area contributed by atoms with E-state index in [0.29, 0.717) is 6.04 Å². The molecule has 1 aliphatic rings. The summed E-state index contributed by atoms with van der Waals surface area (Å²) in [4.78, 5) is 4.81. The fourth-order valence-electron chi connectivity index (χ4n) is 3.61. The Bertz CT molecular complexity index is 915. The number of halogens is 1. The van der Waals surface area contributed by atoms with Crippen molar-refractivity contribution in [3.63, 3.8) is 0 Å². The third-order valence-electron chi connectivity index (χ3n) is 5.09. The minimum Gasteiger partial charge on any atom is -0.340 e. The van der Waals surface area contributed by atoms with Crippen LogP contribution in [0.25, 0.3) is 28.2 Å². The van der Waals surface area contributed by atoms with Gasteiger partial charge < -0.3 is 4.57 Å². The van der Waals surface area contributed by atoms with Gasteiger partial charge in [0.05, 0.1) is 11.2 Å². The van der Waals surface area contributed by atoms with Crippen molar-refractivity contribution in [2.75, 3.05) is 0 Å². The molecule has 1 aliphatic carbocycles. The molecule has 0 aliphatic heterocycles. The van der Waals surface area contributed by atoms with E-state index in [9.17, 15) is 0 Å². The van der Waals surface area contributed by atoms with Crippen molar-refractivity contribution in [3.8, 4) is 11.3 Å². The van der Waals surface area contributed by atoms with Crippen LogP contribution in [-0.4, -0.2) is 9.55 Å². The molecule has 124 valence electrons. The van der Waals surface area contributed by atoms with E-state index in [-0.39, 0.29) is 12.4 Å². The van der Waals surface area contributed by atoms with E-state index in [2.05, 4.69) is 56.2 Å². The van der Waals surface area contributed by atoms with E-state index in [1.807, 2.05) is 12.3 Å². The number of fused-ring (bicyclic) bond motifs is 1. The van der Waals surface area contributed by atoms with Gasteiger partial charge in [-0.3, -0.25) is 4.98 Å². The van der Waals surface area contributed by atoms with Crippen LogP contribution in [0.3, 0.4) is 0 Å². The number of rotatable bonds is 3. The number of hydrogen-bond acceptors (Lipinski definition) is 1. The van der Waals surface area contributed by atoms with E-state index in [1.165, 1.54) is 46.1 Å². The SMILES string of the molecule is C=Cc1ccc(-c2ncc(C)c3c(C)c(C)n(C4CC4)c23)cc1.Cl. The molecule has 0 amide bonds. The van der Waals surface area contributed by atoms with Gasteiger partial charge in [0.2, 0.25) is 0 Å². The highest BCUT2D eigenvalue weighted by atomic mass is 35.5. The molecule has 0 bridgehead atoms. The summed E-state index contributed by atoms with van der Waals surface area (Å²) in [5.74, 6) is 0. The number of aryl methyl sites for hydroxylation is 2. The smallest absolute Gasteiger partial charge is 0.0945 e. The van der Waals surface area contributed by atoms with Crippen LogP contribution in [0.2, 0.25) is 0 Å². The van der Waals surface area contributed by atoms with E-state index in [1.54, 1.807) is 0 Å². The summed E-state index contributed by atoms with van der Waals surface area (Å²) in [6, 6.07) is 9.19. The molecule has 3 aromatic rings. The molecule has 1 saturated carbocycles. The fourth-order valence-corrected chi connectivity index (χ4v) is 3.61. The van der Waals surface area contributed by atoms with Crippen LogP contribution in [0.5, 0.6) is 0 Å². The first-order valence-corrected chi connectivity index (χ1v) is 8.31. The zero-order chi connectivity index (χ0) is 16.1. The molecule has 0 N–H and O–H groups in total.